The first-order valence-corrected chi connectivity index (χ1v) is 8.08. The van der Waals surface area contributed by atoms with Crippen LogP contribution in [0.2, 0.25) is 0 Å². The molecule has 3 nitrogen and oxygen atoms in total. The van der Waals surface area contributed by atoms with Crippen molar-refractivity contribution in [2.75, 3.05) is 19.0 Å². The van der Waals surface area contributed by atoms with Gasteiger partial charge in [0.2, 0.25) is 5.91 Å². The number of amides is 1. The molecule has 1 aliphatic heterocycles. The fourth-order valence-corrected chi connectivity index (χ4v) is 4.27. The molecule has 0 aromatic rings. The van der Waals surface area contributed by atoms with Crippen LogP contribution in [-0.4, -0.2) is 41.5 Å². The number of fused-ring (bicyclic) bond motifs is 1. The lowest BCUT2D eigenvalue weighted by molar-refractivity contribution is -0.159. The second kappa shape index (κ2) is 4.92. The molecule has 3 rings (SSSR count). The quantitative estimate of drug-likeness (QED) is 0.730. The van der Waals surface area contributed by atoms with Gasteiger partial charge in [0.25, 0.3) is 0 Å². The molecule has 0 bridgehead atoms. The predicted molar refractivity (Wildman–Crippen MR) is 75.2 cm³/mol. The van der Waals surface area contributed by atoms with E-state index >= 15 is 0 Å². The maximum atomic E-state index is 12.7. The molecule has 0 spiro atoms. The molecule has 1 heterocycles. The van der Waals surface area contributed by atoms with Crippen molar-refractivity contribution < 1.29 is 9.53 Å². The standard InChI is InChI=1S/C15H24ClNO2/c1-15(2)9-17(8-10(7-16)19-15)14(18)13-11-5-3-4-6-12(11)13/h10-13H,3-9H2,1-2H3. The van der Waals surface area contributed by atoms with Crippen LogP contribution in [0.25, 0.3) is 0 Å². The predicted octanol–water partition coefficient (Wildman–Crippen LogP) is 2.67. The Bertz CT molecular complexity index is 359. The van der Waals surface area contributed by atoms with Crippen molar-refractivity contribution in [3.8, 4) is 0 Å². The van der Waals surface area contributed by atoms with E-state index in [1.807, 2.05) is 18.7 Å². The molecular weight excluding hydrogens is 262 g/mol. The van der Waals surface area contributed by atoms with Crippen LogP contribution in [0, 0.1) is 17.8 Å². The Morgan fingerprint density at radius 3 is 2.53 bits per heavy atom. The number of rotatable bonds is 2. The lowest BCUT2D eigenvalue weighted by Crippen LogP contribution is -2.55. The fraction of sp³-hybridized carbons (Fsp3) is 0.933. The van der Waals surface area contributed by atoms with Gasteiger partial charge in [-0.05, 0) is 38.5 Å². The minimum Gasteiger partial charge on any atom is -0.367 e. The van der Waals surface area contributed by atoms with Gasteiger partial charge in [0.1, 0.15) is 0 Å². The number of hydrogen-bond acceptors (Lipinski definition) is 2. The van der Waals surface area contributed by atoms with Crippen LogP contribution >= 0.6 is 11.6 Å². The van der Waals surface area contributed by atoms with Crippen LogP contribution in [0.15, 0.2) is 0 Å². The zero-order valence-electron chi connectivity index (χ0n) is 11.9. The molecule has 3 fully saturated rings. The molecule has 4 heteroatoms. The van der Waals surface area contributed by atoms with Gasteiger partial charge in [-0.25, -0.2) is 0 Å². The Morgan fingerprint density at radius 1 is 1.32 bits per heavy atom. The van der Waals surface area contributed by atoms with Crippen LogP contribution in [0.1, 0.15) is 39.5 Å². The average molecular weight is 286 g/mol. The first-order valence-electron chi connectivity index (χ1n) is 7.54. The van der Waals surface area contributed by atoms with E-state index in [4.69, 9.17) is 16.3 Å². The van der Waals surface area contributed by atoms with Gasteiger partial charge in [-0.3, -0.25) is 4.79 Å². The van der Waals surface area contributed by atoms with Crippen LogP contribution in [0.3, 0.4) is 0 Å². The number of hydrogen-bond donors (Lipinski definition) is 0. The third kappa shape index (κ3) is 2.64. The van der Waals surface area contributed by atoms with Crippen molar-refractivity contribution in [1.29, 1.82) is 0 Å². The Hall–Kier alpha value is -0.280. The molecule has 2 aliphatic carbocycles. The minimum absolute atomic E-state index is 0.0184. The van der Waals surface area contributed by atoms with E-state index in [1.165, 1.54) is 25.7 Å². The van der Waals surface area contributed by atoms with Gasteiger partial charge in [0, 0.05) is 19.0 Å². The van der Waals surface area contributed by atoms with Crippen LogP contribution in [0.5, 0.6) is 0 Å². The topological polar surface area (TPSA) is 29.5 Å². The summed E-state index contributed by atoms with van der Waals surface area (Å²) < 4.78 is 5.90. The highest BCUT2D eigenvalue weighted by molar-refractivity contribution is 6.18. The summed E-state index contributed by atoms with van der Waals surface area (Å²) in [6, 6.07) is 0. The molecule has 3 aliphatic rings. The Morgan fingerprint density at radius 2 is 1.95 bits per heavy atom. The summed E-state index contributed by atoms with van der Waals surface area (Å²) in [7, 11) is 0. The lowest BCUT2D eigenvalue weighted by Gasteiger charge is -2.42. The SMILES string of the molecule is CC1(C)CN(C(=O)C2C3CCCCC32)CC(CCl)O1. The van der Waals surface area contributed by atoms with Crippen molar-refractivity contribution in [2.45, 2.75) is 51.2 Å². The highest BCUT2D eigenvalue weighted by Crippen LogP contribution is 2.56. The van der Waals surface area contributed by atoms with Gasteiger partial charge in [-0.2, -0.15) is 0 Å². The fourth-order valence-electron chi connectivity index (χ4n) is 4.11. The molecule has 1 saturated heterocycles. The first kappa shape index (κ1) is 13.7. The van der Waals surface area contributed by atoms with E-state index in [2.05, 4.69) is 0 Å². The molecule has 1 amide bonds. The van der Waals surface area contributed by atoms with Crippen molar-refractivity contribution in [3.63, 3.8) is 0 Å². The van der Waals surface area contributed by atoms with E-state index in [0.717, 1.165) is 0 Å². The van der Waals surface area contributed by atoms with Crippen molar-refractivity contribution >= 4 is 17.5 Å². The number of ether oxygens (including phenoxy) is 1. The normalized spacial score (nSPS) is 40.7. The monoisotopic (exact) mass is 285 g/mol. The minimum atomic E-state index is -0.270. The molecule has 0 aromatic carbocycles. The highest BCUT2D eigenvalue weighted by atomic mass is 35.5. The van der Waals surface area contributed by atoms with Gasteiger partial charge in [0.15, 0.2) is 0 Å². The second-order valence-corrected chi connectivity index (χ2v) is 7.32. The molecule has 3 unspecified atom stereocenters. The summed E-state index contributed by atoms with van der Waals surface area (Å²) in [6.45, 7) is 5.47. The Kier molecular flexibility index (Phi) is 3.55. The third-order valence-electron chi connectivity index (χ3n) is 4.91. The number of carbonyl (C=O) groups excluding carboxylic acids is 1. The van der Waals surface area contributed by atoms with Gasteiger partial charge < -0.3 is 9.64 Å². The van der Waals surface area contributed by atoms with Gasteiger partial charge in [0.05, 0.1) is 17.6 Å². The molecule has 0 N–H and O–H groups in total. The van der Waals surface area contributed by atoms with E-state index in [9.17, 15) is 4.79 Å². The van der Waals surface area contributed by atoms with Crippen LogP contribution in [-0.2, 0) is 9.53 Å². The number of halogens is 1. The third-order valence-corrected chi connectivity index (χ3v) is 5.25. The van der Waals surface area contributed by atoms with Gasteiger partial charge >= 0.3 is 0 Å². The molecule has 3 atom stereocenters. The zero-order valence-corrected chi connectivity index (χ0v) is 12.7. The van der Waals surface area contributed by atoms with Gasteiger partial charge in [-0.15, -0.1) is 11.6 Å². The molecular formula is C15H24ClNO2. The summed E-state index contributed by atoms with van der Waals surface area (Å²) >= 11 is 5.93. The zero-order chi connectivity index (χ0) is 13.6. The number of alkyl halides is 1. The summed E-state index contributed by atoms with van der Waals surface area (Å²) in [5.41, 5.74) is -0.270. The number of morpholine rings is 1. The summed E-state index contributed by atoms with van der Waals surface area (Å²) in [6.07, 6.45) is 5.12. The Balaban J connectivity index is 1.66. The summed E-state index contributed by atoms with van der Waals surface area (Å²) in [4.78, 5) is 14.7. The summed E-state index contributed by atoms with van der Waals surface area (Å²) in [5.74, 6) is 2.50. The highest BCUT2D eigenvalue weighted by Gasteiger charge is 2.56. The lowest BCUT2D eigenvalue weighted by atomic mass is 10.0. The maximum Gasteiger partial charge on any atom is 0.226 e. The van der Waals surface area contributed by atoms with Crippen molar-refractivity contribution in [3.05, 3.63) is 0 Å². The molecule has 19 heavy (non-hydrogen) atoms. The molecule has 2 saturated carbocycles. The van der Waals surface area contributed by atoms with Gasteiger partial charge in [-0.1, -0.05) is 12.8 Å². The van der Waals surface area contributed by atoms with Crippen molar-refractivity contribution in [1.82, 2.24) is 4.90 Å². The van der Waals surface area contributed by atoms with E-state index in [-0.39, 0.29) is 11.7 Å². The first-order chi connectivity index (χ1) is 9.02. The number of carbonyl (C=O) groups is 1. The van der Waals surface area contributed by atoms with Crippen molar-refractivity contribution in [2.24, 2.45) is 17.8 Å². The molecule has 108 valence electrons. The smallest absolute Gasteiger partial charge is 0.226 e. The molecule has 0 aromatic heterocycles. The number of nitrogens with zero attached hydrogens (tertiary/aromatic N) is 1. The van der Waals surface area contributed by atoms with Crippen LogP contribution < -0.4 is 0 Å². The van der Waals surface area contributed by atoms with E-state index in [0.29, 0.717) is 42.6 Å². The van der Waals surface area contributed by atoms with E-state index < -0.39 is 0 Å². The average Bonchev–Trinajstić information content (AvgIpc) is 3.10. The Labute approximate surface area is 120 Å². The second-order valence-electron chi connectivity index (χ2n) is 7.01. The van der Waals surface area contributed by atoms with Crippen LogP contribution in [0.4, 0.5) is 0 Å². The van der Waals surface area contributed by atoms with E-state index in [1.54, 1.807) is 0 Å². The maximum absolute atomic E-state index is 12.7. The largest absolute Gasteiger partial charge is 0.367 e. The summed E-state index contributed by atoms with van der Waals surface area (Å²) in [5, 5.41) is 0. The molecule has 0 radical (unpaired) electrons.